The Kier molecular flexibility index (Phi) is 4.00. The van der Waals surface area contributed by atoms with Crippen molar-refractivity contribution in [3.8, 4) is 0 Å². The van der Waals surface area contributed by atoms with Gasteiger partial charge >= 0.3 is 6.18 Å². The lowest BCUT2D eigenvalue weighted by Crippen LogP contribution is -2.07. The number of hydrogen-bond donors (Lipinski definition) is 0. The summed E-state index contributed by atoms with van der Waals surface area (Å²) in [4.78, 5) is 0. The average Bonchev–Trinajstić information content (AvgIpc) is 2.16. The van der Waals surface area contributed by atoms with E-state index in [1.807, 2.05) is 26.8 Å². The Balaban J connectivity index is 3.19. The lowest BCUT2D eigenvalue weighted by molar-refractivity contribution is -0.137. The molecule has 0 amide bonds. The standard InChI is InChI=1S/C13H16F3/c1-4-5-10-6-11(9(2)3)8-12(7-10)13(14,15)16/h6-8H,4-5H2,1-3H3. The first-order valence-corrected chi connectivity index (χ1v) is 5.36. The third kappa shape index (κ3) is 3.26. The number of aryl methyl sites for hydroxylation is 1. The Morgan fingerprint density at radius 3 is 2.19 bits per heavy atom. The predicted molar refractivity (Wildman–Crippen MR) is 59.1 cm³/mol. The summed E-state index contributed by atoms with van der Waals surface area (Å²) in [6, 6.07) is 4.30. The summed E-state index contributed by atoms with van der Waals surface area (Å²) >= 11 is 0. The monoisotopic (exact) mass is 229 g/mol. The van der Waals surface area contributed by atoms with Gasteiger partial charge in [0.05, 0.1) is 5.56 Å². The van der Waals surface area contributed by atoms with Crippen LogP contribution in [0.2, 0.25) is 0 Å². The van der Waals surface area contributed by atoms with Crippen LogP contribution in [0, 0.1) is 5.92 Å². The highest BCUT2D eigenvalue weighted by atomic mass is 19.4. The van der Waals surface area contributed by atoms with E-state index < -0.39 is 11.7 Å². The van der Waals surface area contributed by atoms with Crippen molar-refractivity contribution in [3.05, 3.63) is 40.8 Å². The minimum atomic E-state index is -4.26. The summed E-state index contributed by atoms with van der Waals surface area (Å²) in [6.45, 7) is 5.61. The van der Waals surface area contributed by atoms with Gasteiger partial charge in [-0.05, 0) is 35.6 Å². The molecule has 0 aliphatic heterocycles. The molecule has 3 heteroatoms. The minimum Gasteiger partial charge on any atom is -0.166 e. The molecule has 89 valence electrons. The number of hydrogen-bond acceptors (Lipinski definition) is 0. The molecule has 0 nitrogen and oxygen atoms in total. The molecule has 0 bridgehead atoms. The van der Waals surface area contributed by atoms with E-state index in [0.717, 1.165) is 17.9 Å². The molecule has 1 radical (unpaired) electrons. The normalized spacial score (nSPS) is 12.2. The van der Waals surface area contributed by atoms with Gasteiger partial charge in [-0.25, -0.2) is 0 Å². The first kappa shape index (κ1) is 13.1. The van der Waals surface area contributed by atoms with Crippen molar-refractivity contribution in [2.75, 3.05) is 0 Å². The Bertz CT molecular complexity index is 351. The van der Waals surface area contributed by atoms with Crippen molar-refractivity contribution in [1.82, 2.24) is 0 Å². The van der Waals surface area contributed by atoms with Crippen molar-refractivity contribution in [3.63, 3.8) is 0 Å². The van der Waals surface area contributed by atoms with Crippen LogP contribution in [-0.2, 0) is 12.6 Å². The predicted octanol–water partition coefficient (Wildman–Crippen LogP) is 4.62. The van der Waals surface area contributed by atoms with Gasteiger partial charge in [0.15, 0.2) is 0 Å². The van der Waals surface area contributed by atoms with Crippen LogP contribution in [-0.4, -0.2) is 0 Å². The van der Waals surface area contributed by atoms with Gasteiger partial charge in [0.2, 0.25) is 0 Å². The number of alkyl halides is 3. The molecule has 1 aromatic rings. The largest absolute Gasteiger partial charge is 0.416 e. The highest BCUT2D eigenvalue weighted by Crippen LogP contribution is 2.32. The van der Waals surface area contributed by atoms with E-state index in [-0.39, 0.29) is 0 Å². The van der Waals surface area contributed by atoms with Gasteiger partial charge < -0.3 is 0 Å². The van der Waals surface area contributed by atoms with E-state index in [1.54, 1.807) is 0 Å². The minimum absolute atomic E-state index is 0.547. The van der Waals surface area contributed by atoms with E-state index in [9.17, 15) is 13.2 Å². The molecule has 0 heterocycles. The number of benzene rings is 1. The van der Waals surface area contributed by atoms with Crippen molar-refractivity contribution < 1.29 is 13.2 Å². The molecule has 0 fully saturated rings. The fourth-order valence-electron chi connectivity index (χ4n) is 1.58. The maximum Gasteiger partial charge on any atom is 0.416 e. The summed E-state index contributed by atoms with van der Waals surface area (Å²) in [5.41, 5.74) is 0.890. The first-order chi connectivity index (χ1) is 7.34. The first-order valence-electron chi connectivity index (χ1n) is 5.36. The average molecular weight is 229 g/mol. The van der Waals surface area contributed by atoms with E-state index in [4.69, 9.17) is 0 Å². The highest BCUT2D eigenvalue weighted by Gasteiger charge is 2.31. The lowest BCUT2D eigenvalue weighted by atomic mass is 9.96. The third-order valence-corrected chi connectivity index (χ3v) is 2.44. The zero-order valence-electron chi connectivity index (χ0n) is 9.78. The Morgan fingerprint density at radius 1 is 1.12 bits per heavy atom. The molecule has 0 aromatic heterocycles. The van der Waals surface area contributed by atoms with Gasteiger partial charge in [0.1, 0.15) is 0 Å². The summed E-state index contributed by atoms with van der Waals surface area (Å²) in [5, 5.41) is 0. The van der Waals surface area contributed by atoms with Crippen LogP contribution >= 0.6 is 0 Å². The molecule has 0 saturated carbocycles. The Morgan fingerprint density at radius 2 is 1.75 bits per heavy atom. The third-order valence-electron chi connectivity index (χ3n) is 2.44. The Labute approximate surface area is 94.5 Å². The van der Waals surface area contributed by atoms with Gasteiger partial charge in [0.25, 0.3) is 0 Å². The van der Waals surface area contributed by atoms with E-state index >= 15 is 0 Å². The molecule has 0 aliphatic rings. The molecule has 0 saturated heterocycles. The van der Waals surface area contributed by atoms with E-state index in [2.05, 4.69) is 0 Å². The Hall–Kier alpha value is -0.990. The second-order valence-corrected chi connectivity index (χ2v) is 4.17. The second kappa shape index (κ2) is 4.89. The van der Waals surface area contributed by atoms with E-state index in [0.29, 0.717) is 12.0 Å². The van der Waals surface area contributed by atoms with Crippen molar-refractivity contribution in [2.24, 2.45) is 0 Å². The molecular weight excluding hydrogens is 213 g/mol. The van der Waals surface area contributed by atoms with Crippen LogP contribution in [0.25, 0.3) is 0 Å². The molecule has 0 N–H and O–H groups in total. The molecular formula is C13H16F3. The van der Waals surface area contributed by atoms with Crippen LogP contribution in [0.15, 0.2) is 18.2 Å². The SMILES string of the molecule is CCCc1cc([C](C)C)cc(C(F)(F)F)c1. The van der Waals surface area contributed by atoms with Crippen molar-refractivity contribution in [2.45, 2.75) is 39.8 Å². The summed E-state index contributed by atoms with van der Waals surface area (Å²) in [7, 11) is 0. The molecule has 0 atom stereocenters. The zero-order valence-corrected chi connectivity index (χ0v) is 9.78. The number of halogens is 3. The topological polar surface area (TPSA) is 0 Å². The quantitative estimate of drug-likeness (QED) is 0.709. The smallest absolute Gasteiger partial charge is 0.166 e. The zero-order chi connectivity index (χ0) is 12.3. The maximum absolute atomic E-state index is 12.6. The van der Waals surface area contributed by atoms with Gasteiger partial charge in [-0.1, -0.05) is 33.3 Å². The molecule has 1 aromatic carbocycles. The van der Waals surface area contributed by atoms with Gasteiger partial charge in [-0.15, -0.1) is 0 Å². The maximum atomic E-state index is 12.6. The van der Waals surface area contributed by atoms with Gasteiger partial charge in [-0.3, -0.25) is 0 Å². The summed E-state index contributed by atoms with van der Waals surface area (Å²) < 4.78 is 37.9. The summed E-state index contributed by atoms with van der Waals surface area (Å²) in [5.74, 6) is 0.906. The highest BCUT2D eigenvalue weighted by molar-refractivity contribution is 5.38. The van der Waals surface area contributed by atoms with Crippen molar-refractivity contribution in [1.29, 1.82) is 0 Å². The number of rotatable bonds is 3. The van der Waals surface area contributed by atoms with Crippen LogP contribution in [0.1, 0.15) is 43.9 Å². The van der Waals surface area contributed by atoms with Gasteiger partial charge in [0, 0.05) is 0 Å². The van der Waals surface area contributed by atoms with Crippen LogP contribution in [0.4, 0.5) is 13.2 Å². The second-order valence-electron chi connectivity index (χ2n) is 4.17. The lowest BCUT2D eigenvalue weighted by Gasteiger charge is -2.13. The molecule has 0 unspecified atom stereocenters. The van der Waals surface area contributed by atoms with E-state index in [1.165, 1.54) is 12.1 Å². The molecule has 0 spiro atoms. The van der Waals surface area contributed by atoms with Crippen LogP contribution < -0.4 is 0 Å². The molecule has 16 heavy (non-hydrogen) atoms. The molecule has 0 aliphatic carbocycles. The van der Waals surface area contributed by atoms with Crippen LogP contribution in [0.3, 0.4) is 0 Å². The van der Waals surface area contributed by atoms with Crippen molar-refractivity contribution >= 4 is 0 Å². The molecule has 1 rings (SSSR count). The summed E-state index contributed by atoms with van der Waals surface area (Å²) in [6.07, 6.45) is -2.72. The fraction of sp³-hybridized carbons (Fsp3) is 0.462. The fourth-order valence-corrected chi connectivity index (χ4v) is 1.58. The van der Waals surface area contributed by atoms with Crippen LogP contribution in [0.5, 0.6) is 0 Å². The van der Waals surface area contributed by atoms with Gasteiger partial charge in [-0.2, -0.15) is 13.2 Å².